The van der Waals surface area contributed by atoms with E-state index in [1.807, 2.05) is 0 Å². The summed E-state index contributed by atoms with van der Waals surface area (Å²) in [5.74, 6) is 0.665. The molecule has 1 heterocycles. The van der Waals surface area contributed by atoms with Gasteiger partial charge in [0.05, 0.1) is 7.11 Å². The first-order valence-electron chi connectivity index (χ1n) is 6.85. The molecule has 0 radical (unpaired) electrons. The number of nitrogens with one attached hydrogen (secondary N) is 1. The number of hydrogen-bond donors (Lipinski definition) is 1. The number of carbonyl (C=O) groups excluding carboxylic acids is 2. The van der Waals surface area contributed by atoms with Crippen molar-refractivity contribution in [2.75, 3.05) is 46.4 Å². The van der Waals surface area contributed by atoms with E-state index in [9.17, 15) is 9.59 Å². The fourth-order valence-electron chi connectivity index (χ4n) is 1.99. The molecule has 1 aliphatic rings. The van der Waals surface area contributed by atoms with E-state index in [0.29, 0.717) is 5.92 Å². The van der Waals surface area contributed by atoms with Gasteiger partial charge in [-0.2, -0.15) is 0 Å². The highest BCUT2D eigenvalue weighted by Crippen LogP contribution is 2.06. The summed E-state index contributed by atoms with van der Waals surface area (Å²) >= 11 is 0. The minimum absolute atomic E-state index is 0.0126. The maximum Gasteiger partial charge on any atom is 0.407 e. The molecule has 0 saturated carbocycles. The molecule has 6 nitrogen and oxygen atoms in total. The predicted molar refractivity (Wildman–Crippen MR) is 72.9 cm³/mol. The van der Waals surface area contributed by atoms with Crippen LogP contribution in [-0.4, -0.2) is 68.2 Å². The molecular weight excluding hydrogens is 246 g/mol. The van der Waals surface area contributed by atoms with Crippen molar-refractivity contribution in [3.8, 4) is 0 Å². The zero-order valence-electron chi connectivity index (χ0n) is 12.1. The van der Waals surface area contributed by atoms with Gasteiger partial charge in [-0.25, -0.2) is 4.79 Å². The molecule has 0 spiro atoms. The molecule has 0 aliphatic carbocycles. The largest absolute Gasteiger partial charge is 0.453 e. The maximum atomic E-state index is 11.8. The molecule has 1 aliphatic heterocycles. The van der Waals surface area contributed by atoms with Crippen molar-refractivity contribution in [1.82, 2.24) is 15.1 Å². The summed E-state index contributed by atoms with van der Waals surface area (Å²) in [6, 6.07) is 0. The van der Waals surface area contributed by atoms with E-state index in [4.69, 9.17) is 0 Å². The van der Waals surface area contributed by atoms with Crippen LogP contribution in [0.4, 0.5) is 4.79 Å². The summed E-state index contributed by atoms with van der Waals surface area (Å²) in [7, 11) is 1.29. The monoisotopic (exact) mass is 271 g/mol. The second-order valence-corrected chi connectivity index (χ2v) is 5.25. The Morgan fingerprint density at radius 1 is 1.21 bits per heavy atom. The van der Waals surface area contributed by atoms with Gasteiger partial charge in [-0.05, 0) is 18.9 Å². The van der Waals surface area contributed by atoms with E-state index in [1.54, 1.807) is 4.90 Å². The van der Waals surface area contributed by atoms with Crippen molar-refractivity contribution in [2.24, 2.45) is 5.92 Å². The van der Waals surface area contributed by atoms with E-state index in [-0.39, 0.29) is 12.5 Å². The van der Waals surface area contributed by atoms with Gasteiger partial charge in [0, 0.05) is 26.2 Å². The Morgan fingerprint density at radius 2 is 1.84 bits per heavy atom. The molecule has 0 unspecified atom stereocenters. The summed E-state index contributed by atoms with van der Waals surface area (Å²) in [5.41, 5.74) is 0. The lowest BCUT2D eigenvalue weighted by Gasteiger charge is -2.35. The minimum Gasteiger partial charge on any atom is -0.453 e. The lowest BCUT2D eigenvalue weighted by atomic mass is 10.1. The third-order valence-electron chi connectivity index (χ3n) is 3.32. The molecule has 0 aromatic rings. The second kappa shape index (κ2) is 7.99. The topological polar surface area (TPSA) is 61.9 Å². The van der Waals surface area contributed by atoms with Gasteiger partial charge in [-0.15, -0.1) is 0 Å². The number of ether oxygens (including phenoxy) is 1. The second-order valence-electron chi connectivity index (χ2n) is 5.25. The Labute approximate surface area is 115 Å². The molecule has 1 fully saturated rings. The standard InChI is InChI=1S/C13H25N3O3/c1-11(2)4-5-15-6-8-16(9-7-15)12(17)10-14-13(18)19-3/h11H,4-10H2,1-3H3,(H,14,18). The van der Waals surface area contributed by atoms with Crippen LogP contribution in [0.15, 0.2) is 0 Å². The smallest absolute Gasteiger partial charge is 0.407 e. The van der Waals surface area contributed by atoms with Gasteiger partial charge in [-0.3, -0.25) is 9.69 Å². The van der Waals surface area contributed by atoms with Crippen LogP contribution in [0, 0.1) is 5.92 Å². The fourth-order valence-corrected chi connectivity index (χ4v) is 1.99. The van der Waals surface area contributed by atoms with E-state index in [0.717, 1.165) is 32.7 Å². The number of amides is 2. The van der Waals surface area contributed by atoms with Crippen molar-refractivity contribution >= 4 is 12.0 Å². The van der Waals surface area contributed by atoms with Crippen LogP contribution in [-0.2, 0) is 9.53 Å². The SMILES string of the molecule is COC(=O)NCC(=O)N1CCN(CCC(C)C)CC1. The summed E-state index contributed by atoms with van der Waals surface area (Å²) in [6.45, 7) is 8.85. The van der Waals surface area contributed by atoms with Crippen molar-refractivity contribution < 1.29 is 14.3 Å². The van der Waals surface area contributed by atoms with Crippen LogP contribution in [0.1, 0.15) is 20.3 Å². The lowest BCUT2D eigenvalue weighted by molar-refractivity contribution is -0.131. The van der Waals surface area contributed by atoms with E-state index >= 15 is 0 Å². The molecule has 110 valence electrons. The van der Waals surface area contributed by atoms with Gasteiger partial charge in [0.15, 0.2) is 0 Å². The van der Waals surface area contributed by atoms with Crippen molar-refractivity contribution in [2.45, 2.75) is 20.3 Å². The molecule has 19 heavy (non-hydrogen) atoms. The van der Waals surface area contributed by atoms with Crippen molar-refractivity contribution in [1.29, 1.82) is 0 Å². The molecule has 0 aromatic carbocycles. The van der Waals surface area contributed by atoms with Crippen LogP contribution < -0.4 is 5.32 Å². The quantitative estimate of drug-likeness (QED) is 0.792. The third-order valence-corrected chi connectivity index (χ3v) is 3.32. The van der Waals surface area contributed by atoms with Crippen LogP contribution in [0.2, 0.25) is 0 Å². The van der Waals surface area contributed by atoms with E-state index in [2.05, 4.69) is 28.8 Å². The summed E-state index contributed by atoms with van der Waals surface area (Å²) in [4.78, 5) is 26.9. The number of carbonyl (C=O) groups is 2. The number of hydrogen-bond acceptors (Lipinski definition) is 4. The number of rotatable bonds is 5. The molecule has 0 atom stereocenters. The molecular formula is C13H25N3O3. The Morgan fingerprint density at radius 3 is 2.37 bits per heavy atom. The number of nitrogens with zero attached hydrogens (tertiary/aromatic N) is 2. The predicted octanol–water partition coefficient (Wildman–Crippen LogP) is 0.533. The summed E-state index contributed by atoms with van der Waals surface area (Å²) in [6.07, 6.45) is 0.626. The Balaban J connectivity index is 2.21. The first kappa shape index (κ1) is 15.8. The highest BCUT2D eigenvalue weighted by molar-refractivity contribution is 5.82. The van der Waals surface area contributed by atoms with Crippen LogP contribution in [0.25, 0.3) is 0 Å². The average molecular weight is 271 g/mol. The molecule has 0 bridgehead atoms. The van der Waals surface area contributed by atoms with Gasteiger partial charge in [-0.1, -0.05) is 13.8 Å². The van der Waals surface area contributed by atoms with E-state index in [1.165, 1.54) is 13.5 Å². The van der Waals surface area contributed by atoms with Gasteiger partial charge in [0.1, 0.15) is 6.54 Å². The Kier molecular flexibility index (Phi) is 6.62. The molecule has 1 rings (SSSR count). The first-order chi connectivity index (χ1) is 9.02. The zero-order valence-corrected chi connectivity index (χ0v) is 12.1. The molecule has 2 amide bonds. The number of piperazine rings is 1. The average Bonchev–Trinajstić information content (AvgIpc) is 2.42. The lowest BCUT2D eigenvalue weighted by Crippen LogP contribution is -2.51. The van der Waals surface area contributed by atoms with Gasteiger partial charge >= 0.3 is 6.09 Å². The summed E-state index contributed by atoms with van der Waals surface area (Å²) in [5, 5.41) is 2.41. The molecule has 6 heteroatoms. The maximum absolute atomic E-state index is 11.8. The molecule has 1 saturated heterocycles. The third kappa shape index (κ3) is 5.92. The van der Waals surface area contributed by atoms with Gasteiger partial charge in [0.25, 0.3) is 0 Å². The molecule has 0 aromatic heterocycles. The molecule has 1 N–H and O–H groups in total. The van der Waals surface area contributed by atoms with Crippen molar-refractivity contribution in [3.63, 3.8) is 0 Å². The minimum atomic E-state index is -0.566. The Bertz CT molecular complexity index is 300. The van der Waals surface area contributed by atoms with Crippen LogP contribution in [0.3, 0.4) is 0 Å². The normalized spacial score (nSPS) is 16.5. The summed E-state index contributed by atoms with van der Waals surface area (Å²) < 4.78 is 4.43. The highest BCUT2D eigenvalue weighted by atomic mass is 16.5. The zero-order chi connectivity index (χ0) is 14.3. The number of methoxy groups -OCH3 is 1. The first-order valence-corrected chi connectivity index (χ1v) is 6.85. The van der Waals surface area contributed by atoms with Crippen LogP contribution >= 0.6 is 0 Å². The Hall–Kier alpha value is -1.30. The highest BCUT2D eigenvalue weighted by Gasteiger charge is 2.21. The van der Waals surface area contributed by atoms with Crippen molar-refractivity contribution in [3.05, 3.63) is 0 Å². The van der Waals surface area contributed by atoms with E-state index < -0.39 is 6.09 Å². The van der Waals surface area contributed by atoms with Gasteiger partial charge in [0.2, 0.25) is 5.91 Å². The van der Waals surface area contributed by atoms with Gasteiger partial charge < -0.3 is 15.0 Å². The fraction of sp³-hybridized carbons (Fsp3) is 0.846. The number of alkyl carbamates (subject to hydrolysis) is 1. The van der Waals surface area contributed by atoms with Crippen LogP contribution in [0.5, 0.6) is 0 Å².